The minimum absolute atomic E-state index is 0.0178. The molecule has 108 valence electrons. The van der Waals surface area contributed by atoms with E-state index in [4.69, 9.17) is 10.5 Å². The van der Waals surface area contributed by atoms with Crippen LogP contribution in [0.5, 0.6) is 0 Å². The van der Waals surface area contributed by atoms with Crippen LogP contribution in [-0.4, -0.2) is 12.6 Å². The number of nitrogens with two attached hydrogens (primary N) is 1. The van der Waals surface area contributed by atoms with Crippen molar-refractivity contribution in [3.05, 3.63) is 35.4 Å². The topological polar surface area (TPSA) is 35.2 Å². The maximum atomic E-state index is 6.23. The van der Waals surface area contributed by atoms with Gasteiger partial charge in [-0.05, 0) is 31.2 Å². The Morgan fingerprint density at radius 3 is 2.58 bits per heavy atom. The van der Waals surface area contributed by atoms with Crippen molar-refractivity contribution < 1.29 is 4.74 Å². The lowest BCUT2D eigenvalue weighted by Gasteiger charge is -2.25. The van der Waals surface area contributed by atoms with Gasteiger partial charge >= 0.3 is 0 Å². The first-order valence-electron chi connectivity index (χ1n) is 7.52. The zero-order valence-corrected chi connectivity index (χ0v) is 12.9. The van der Waals surface area contributed by atoms with E-state index in [1.807, 2.05) is 0 Å². The number of ether oxygens (including phenoxy) is 1. The minimum Gasteiger partial charge on any atom is -0.372 e. The maximum Gasteiger partial charge on any atom is 0.0975 e. The first-order chi connectivity index (χ1) is 9.08. The number of benzene rings is 1. The molecule has 0 saturated heterocycles. The van der Waals surface area contributed by atoms with Gasteiger partial charge in [0.25, 0.3) is 0 Å². The van der Waals surface area contributed by atoms with Gasteiger partial charge in [-0.3, -0.25) is 0 Å². The molecule has 0 aromatic heterocycles. The van der Waals surface area contributed by atoms with Crippen LogP contribution in [0.3, 0.4) is 0 Å². The van der Waals surface area contributed by atoms with Crippen LogP contribution in [0, 0.1) is 12.8 Å². The fourth-order valence-corrected chi connectivity index (χ4v) is 2.37. The molecule has 2 nitrogen and oxygen atoms in total. The third-order valence-corrected chi connectivity index (χ3v) is 3.57. The monoisotopic (exact) mass is 263 g/mol. The molecule has 3 unspecified atom stereocenters. The smallest absolute Gasteiger partial charge is 0.0975 e. The normalized spacial score (nSPS) is 16.1. The van der Waals surface area contributed by atoms with Crippen molar-refractivity contribution in [2.45, 2.75) is 59.1 Å². The Morgan fingerprint density at radius 2 is 2.00 bits per heavy atom. The lowest BCUT2D eigenvalue weighted by molar-refractivity contribution is 0.0131. The van der Waals surface area contributed by atoms with E-state index in [1.165, 1.54) is 24.0 Å². The molecule has 19 heavy (non-hydrogen) atoms. The molecule has 0 spiro atoms. The number of aryl methyl sites for hydroxylation is 1. The van der Waals surface area contributed by atoms with Gasteiger partial charge in [0, 0.05) is 6.04 Å². The summed E-state index contributed by atoms with van der Waals surface area (Å²) in [4.78, 5) is 0. The predicted molar refractivity (Wildman–Crippen MR) is 82.2 cm³/mol. The van der Waals surface area contributed by atoms with Gasteiger partial charge in [-0.15, -0.1) is 0 Å². The van der Waals surface area contributed by atoms with Crippen LogP contribution in [0.1, 0.15) is 57.3 Å². The van der Waals surface area contributed by atoms with E-state index < -0.39 is 0 Å². The third kappa shape index (κ3) is 5.33. The summed E-state index contributed by atoms with van der Waals surface area (Å²) in [5, 5.41) is 0. The molecule has 0 radical (unpaired) electrons. The van der Waals surface area contributed by atoms with Crippen LogP contribution in [-0.2, 0) is 4.74 Å². The molecule has 1 aromatic rings. The van der Waals surface area contributed by atoms with E-state index in [1.54, 1.807) is 0 Å². The van der Waals surface area contributed by atoms with Gasteiger partial charge in [-0.1, -0.05) is 57.0 Å². The lowest BCUT2D eigenvalue weighted by atomic mass is 9.99. The van der Waals surface area contributed by atoms with Gasteiger partial charge in [0.1, 0.15) is 0 Å². The summed E-state index contributed by atoms with van der Waals surface area (Å²) < 4.78 is 6.13. The van der Waals surface area contributed by atoms with Crippen molar-refractivity contribution in [3.8, 4) is 0 Å². The van der Waals surface area contributed by atoms with Crippen molar-refractivity contribution in [1.82, 2.24) is 0 Å². The van der Waals surface area contributed by atoms with Gasteiger partial charge in [0.05, 0.1) is 12.7 Å². The average molecular weight is 263 g/mol. The van der Waals surface area contributed by atoms with Crippen LogP contribution in [0.25, 0.3) is 0 Å². The van der Waals surface area contributed by atoms with E-state index in [9.17, 15) is 0 Å². The highest BCUT2D eigenvalue weighted by molar-refractivity contribution is 5.25. The zero-order chi connectivity index (χ0) is 14.3. The average Bonchev–Trinajstić information content (AvgIpc) is 2.39. The summed E-state index contributed by atoms with van der Waals surface area (Å²) in [5.74, 6) is 0.598. The molecule has 2 heteroatoms. The van der Waals surface area contributed by atoms with E-state index in [0.29, 0.717) is 5.92 Å². The van der Waals surface area contributed by atoms with Crippen LogP contribution in [0.2, 0.25) is 0 Å². The zero-order valence-electron chi connectivity index (χ0n) is 12.9. The molecule has 0 heterocycles. The van der Waals surface area contributed by atoms with Gasteiger partial charge in [-0.25, -0.2) is 0 Å². The molecule has 3 atom stereocenters. The Hall–Kier alpha value is -0.860. The first-order valence-corrected chi connectivity index (χ1v) is 7.52. The Balaban J connectivity index is 2.72. The highest BCUT2D eigenvalue weighted by atomic mass is 16.5. The molecular weight excluding hydrogens is 234 g/mol. The van der Waals surface area contributed by atoms with Gasteiger partial charge in [-0.2, -0.15) is 0 Å². The third-order valence-electron chi connectivity index (χ3n) is 3.57. The number of rotatable bonds is 8. The molecule has 1 aromatic carbocycles. The van der Waals surface area contributed by atoms with E-state index in [0.717, 1.165) is 13.0 Å². The Bertz CT molecular complexity index is 364. The summed E-state index contributed by atoms with van der Waals surface area (Å²) >= 11 is 0. The first kappa shape index (κ1) is 16.2. The Morgan fingerprint density at radius 1 is 1.26 bits per heavy atom. The number of hydrogen-bond donors (Lipinski definition) is 1. The summed E-state index contributed by atoms with van der Waals surface area (Å²) in [6.45, 7) is 9.48. The summed E-state index contributed by atoms with van der Waals surface area (Å²) in [7, 11) is 0. The van der Waals surface area contributed by atoms with Crippen LogP contribution < -0.4 is 5.73 Å². The van der Waals surface area contributed by atoms with Crippen LogP contribution in [0.15, 0.2) is 24.3 Å². The lowest BCUT2D eigenvalue weighted by Crippen LogP contribution is -2.30. The number of hydrogen-bond acceptors (Lipinski definition) is 2. The van der Waals surface area contributed by atoms with Crippen molar-refractivity contribution in [1.29, 1.82) is 0 Å². The predicted octanol–water partition coefficient (Wildman–Crippen LogP) is 4.23. The molecule has 2 N–H and O–H groups in total. The fraction of sp³-hybridized carbons (Fsp3) is 0.647. The van der Waals surface area contributed by atoms with Gasteiger partial charge in [0.15, 0.2) is 0 Å². The second-order valence-electron chi connectivity index (χ2n) is 5.63. The van der Waals surface area contributed by atoms with Crippen molar-refractivity contribution in [2.24, 2.45) is 11.7 Å². The summed E-state index contributed by atoms with van der Waals surface area (Å²) in [6.07, 6.45) is 3.37. The molecular formula is C17H29NO. The Kier molecular flexibility index (Phi) is 7.11. The molecule has 1 rings (SSSR count). The van der Waals surface area contributed by atoms with E-state index in [2.05, 4.69) is 52.0 Å². The quantitative estimate of drug-likeness (QED) is 0.762. The second-order valence-corrected chi connectivity index (χ2v) is 5.63. The highest BCUT2D eigenvalue weighted by Gasteiger charge is 2.20. The Labute approximate surface area is 118 Å². The summed E-state index contributed by atoms with van der Waals surface area (Å²) in [6, 6.07) is 8.56. The van der Waals surface area contributed by atoms with Crippen molar-refractivity contribution in [3.63, 3.8) is 0 Å². The fourth-order valence-electron chi connectivity index (χ4n) is 2.37. The molecule has 0 aliphatic heterocycles. The second kappa shape index (κ2) is 8.34. The minimum atomic E-state index is 0.0178. The molecule has 0 saturated carbocycles. The highest BCUT2D eigenvalue weighted by Crippen LogP contribution is 2.24. The molecule has 0 fully saturated rings. The van der Waals surface area contributed by atoms with Gasteiger partial charge in [0.2, 0.25) is 0 Å². The van der Waals surface area contributed by atoms with E-state index in [-0.39, 0.29) is 12.1 Å². The van der Waals surface area contributed by atoms with Crippen molar-refractivity contribution >= 4 is 0 Å². The standard InChI is InChI=1S/C17H29NO/c1-5-8-14(4)12-19-17(16(18)6-2)15-10-7-9-13(3)11-15/h7,9-11,14,16-17H,5-6,8,12,18H2,1-4H3. The molecule has 0 aliphatic carbocycles. The van der Waals surface area contributed by atoms with E-state index >= 15 is 0 Å². The summed E-state index contributed by atoms with van der Waals surface area (Å²) in [5.41, 5.74) is 8.70. The SMILES string of the molecule is CCCC(C)COC(c1cccc(C)c1)C(N)CC. The van der Waals surface area contributed by atoms with Crippen molar-refractivity contribution in [2.75, 3.05) is 6.61 Å². The largest absolute Gasteiger partial charge is 0.372 e. The molecule has 0 aliphatic rings. The van der Waals surface area contributed by atoms with Crippen LogP contribution in [0.4, 0.5) is 0 Å². The van der Waals surface area contributed by atoms with Gasteiger partial charge < -0.3 is 10.5 Å². The molecule has 0 amide bonds. The molecule has 0 bridgehead atoms. The van der Waals surface area contributed by atoms with Crippen LogP contribution >= 0.6 is 0 Å². The maximum absolute atomic E-state index is 6.23.